The van der Waals surface area contributed by atoms with E-state index in [-0.39, 0.29) is 6.04 Å². The van der Waals surface area contributed by atoms with Gasteiger partial charge in [-0.2, -0.15) is 0 Å². The predicted molar refractivity (Wildman–Crippen MR) is 85.9 cm³/mol. The molecule has 0 saturated carbocycles. The van der Waals surface area contributed by atoms with Crippen molar-refractivity contribution in [1.29, 1.82) is 0 Å². The summed E-state index contributed by atoms with van der Waals surface area (Å²) in [5.74, 6) is 0.803. The van der Waals surface area contributed by atoms with E-state index in [0.29, 0.717) is 0 Å². The van der Waals surface area contributed by atoms with E-state index in [4.69, 9.17) is 5.73 Å². The fourth-order valence-corrected chi connectivity index (χ4v) is 3.13. The molecule has 1 heterocycles. The van der Waals surface area contributed by atoms with Crippen molar-refractivity contribution in [2.45, 2.75) is 26.3 Å². The summed E-state index contributed by atoms with van der Waals surface area (Å²) in [6.07, 6.45) is 1.32. The number of hydrogen-bond donors (Lipinski definition) is 1. The molecule has 0 aromatic heterocycles. The summed E-state index contributed by atoms with van der Waals surface area (Å²) >= 11 is 0. The molecule has 0 bridgehead atoms. The first-order chi connectivity index (χ1) is 9.45. The van der Waals surface area contributed by atoms with Crippen LogP contribution in [0.2, 0.25) is 0 Å². The smallest absolute Gasteiger partial charge is 0.0424 e. The number of aryl methyl sites for hydroxylation is 2. The standard InChI is InChI=1S/C17H29N3/c1-13-5-6-16(9-14(13)2)17(18)12-20(4)11-15-7-8-19(3)10-15/h5-6,9,15,17H,7-8,10-12,18H2,1-4H3. The van der Waals surface area contributed by atoms with E-state index in [0.717, 1.165) is 19.0 Å². The second-order valence-electron chi connectivity index (χ2n) is 6.59. The van der Waals surface area contributed by atoms with Crippen molar-refractivity contribution in [2.75, 3.05) is 40.3 Å². The fraction of sp³-hybridized carbons (Fsp3) is 0.647. The summed E-state index contributed by atoms with van der Waals surface area (Å²) < 4.78 is 0. The lowest BCUT2D eigenvalue weighted by Gasteiger charge is -2.24. The molecule has 2 rings (SSSR count). The van der Waals surface area contributed by atoms with Crippen LogP contribution in [0.3, 0.4) is 0 Å². The molecular weight excluding hydrogens is 246 g/mol. The van der Waals surface area contributed by atoms with Gasteiger partial charge >= 0.3 is 0 Å². The maximum Gasteiger partial charge on any atom is 0.0424 e. The average molecular weight is 275 g/mol. The molecule has 2 unspecified atom stereocenters. The molecule has 3 nitrogen and oxygen atoms in total. The molecule has 1 fully saturated rings. The monoisotopic (exact) mass is 275 g/mol. The third-order valence-electron chi connectivity index (χ3n) is 4.53. The molecule has 0 aliphatic carbocycles. The predicted octanol–water partition coefficient (Wildman–Crippen LogP) is 2.19. The number of nitrogens with zero attached hydrogens (tertiary/aromatic N) is 2. The van der Waals surface area contributed by atoms with Crippen LogP contribution in [0.15, 0.2) is 18.2 Å². The number of benzene rings is 1. The largest absolute Gasteiger partial charge is 0.323 e. The maximum absolute atomic E-state index is 6.36. The SMILES string of the molecule is Cc1ccc(C(N)CN(C)CC2CCN(C)C2)cc1C. The van der Waals surface area contributed by atoms with Gasteiger partial charge in [-0.05, 0) is 63.5 Å². The van der Waals surface area contributed by atoms with Crippen molar-refractivity contribution >= 4 is 0 Å². The van der Waals surface area contributed by atoms with Crippen molar-refractivity contribution in [3.8, 4) is 0 Å². The van der Waals surface area contributed by atoms with Crippen molar-refractivity contribution < 1.29 is 0 Å². The minimum Gasteiger partial charge on any atom is -0.323 e. The topological polar surface area (TPSA) is 32.5 Å². The molecule has 112 valence electrons. The molecule has 1 aromatic carbocycles. The van der Waals surface area contributed by atoms with E-state index in [9.17, 15) is 0 Å². The van der Waals surface area contributed by atoms with Crippen LogP contribution < -0.4 is 5.73 Å². The van der Waals surface area contributed by atoms with Crippen molar-refractivity contribution in [2.24, 2.45) is 11.7 Å². The van der Waals surface area contributed by atoms with Crippen molar-refractivity contribution in [3.63, 3.8) is 0 Å². The van der Waals surface area contributed by atoms with E-state index in [1.165, 1.54) is 36.2 Å². The maximum atomic E-state index is 6.36. The lowest BCUT2D eigenvalue weighted by Crippen LogP contribution is -2.33. The highest BCUT2D eigenvalue weighted by molar-refractivity contribution is 5.31. The van der Waals surface area contributed by atoms with Crippen molar-refractivity contribution in [3.05, 3.63) is 34.9 Å². The van der Waals surface area contributed by atoms with Gasteiger partial charge in [0.1, 0.15) is 0 Å². The first-order valence-corrected chi connectivity index (χ1v) is 7.65. The number of hydrogen-bond acceptors (Lipinski definition) is 3. The van der Waals surface area contributed by atoms with Crippen LogP contribution in [0, 0.1) is 19.8 Å². The van der Waals surface area contributed by atoms with Gasteiger partial charge in [0.05, 0.1) is 0 Å². The van der Waals surface area contributed by atoms with Gasteiger partial charge in [0.2, 0.25) is 0 Å². The van der Waals surface area contributed by atoms with Crippen LogP contribution in [0.4, 0.5) is 0 Å². The first-order valence-electron chi connectivity index (χ1n) is 7.65. The molecule has 2 N–H and O–H groups in total. The lowest BCUT2D eigenvalue weighted by atomic mass is 10.0. The Bertz CT molecular complexity index is 444. The summed E-state index contributed by atoms with van der Waals surface area (Å²) in [5.41, 5.74) is 10.3. The van der Waals surface area contributed by atoms with Gasteiger partial charge in [0.15, 0.2) is 0 Å². The van der Waals surface area contributed by atoms with Gasteiger partial charge in [0, 0.05) is 25.7 Å². The Balaban J connectivity index is 1.86. The molecule has 3 heteroatoms. The van der Waals surface area contributed by atoms with E-state index < -0.39 is 0 Å². The third kappa shape index (κ3) is 4.05. The van der Waals surface area contributed by atoms with Crippen LogP contribution in [0.25, 0.3) is 0 Å². The number of likely N-dealkylation sites (N-methyl/N-ethyl adjacent to an activating group) is 1. The summed E-state index contributed by atoms with van der Waals surface area (Å²) in [7, 11) is 4.40. The Morgan fingerprint density at radius 1 is 1.35 bits per heavy atom. The van der Waals surface area contributed by atoms with Crippen LogP contribution in [-0.2, 0) is 0 Å². The Hall–Kier alpha value is -0.900. The van der Waals surface area contributed by atoms with E-state index in [1.54, 1.807) is 0 Å². The van der Waals surface area contributed by atoms with Gasteiger partial charge < -0.3 is 15.5 Å². The molecule has 0 radical (unpaired) electrons. The number of likely N-dealkylation sites (tertiary alicyclic amines) is 1. The van der Waals surface area contributed by atoms with Crippen molar-refractivity contribution in [1.82, 2.24) is 9.80 Å². The van der Waals surface area contributed by atoms with Crippen LogP contribution in [-0.4, -0.2) is 50.1 Å². The summed E-state index contributed by atoms with van der Waals surface area (Å²) in [5, 5.41) is 0. The summed E-state index contributed by atoms with van der Waals surface area (Å²) in [6, 6.07) is 6.69. The second kappa shape index (κ2) is 6.70. The molecule has 2 atom stereocenters. The quantitative estimate of drug-likeness (QED) is 0.894. The van der Waals surface area contributed by atoms with Gasteiger partial charge in [-0.1, -0.05) is 18.2 Å². The highest BCUT2D eigenvalue weighted by Crippen LogP contribution is 2.18. The zero-order valence-corrected chi connectivity index (χ0v) is 13.4. The summed E-state index contributed by atoms with van der Waals surface area (Å²) in [6.45, 7) is 8.85. The zero-order valence-electron chi connectivity index (χ0n) is 13.4. The Kier molecular flexibility index (Phi) is 5.19. The highest BCUT2D eigenvalue weighted by Gasteiger charge is 2.21. The molecule has 20 heavy (non-hydrogen) atoms. The van der Waals surface area contributed by atoms with Gasteiger partial charge in [0.25, 0.3) is 0 Å². The molecule has 0 amide bonds. The van der Waals surface area contributed by atoms with E-state index in [1.807, 2.05) is 0 Å². The summed E-state index contributed by atoms with van der Waals surface area (Å²) in [4.78, 5) is 4.81. The Morgan fingerprint density at radius 2 is 2.10 bits per heavy atom. The fourth-order valence-electron chi connectivity index (χ4n) is 3.13. The average Bonchev–Trinajstić information content (AvgIpc) is 2.77. The zero-order chi connectivity index (χ0) is 14.7. The number of rotatable bonds is 5. The van der Waals surface area contributed by atoms with Crippen LogP contribution in [0.1, 0.15) is 29.2 Å². The second-order valence-corrected chi connectivity index (χ2v) is 6.59. The Morgan fingerprint density at radius 3 is 2.70 bits per heavy atom. The van der Waals surface area contributed by atoms with Crippen LogP contribution >= 0.6 is 0 Å². The Labute approximate surface area is 123 Å². The molecule has 1 aliphatic heterocycles. The van der Waals surface area contributed by atoms with Gasteiger partial charge in [-0.15, -0.1) is 0 Å². The first kappa shape index (κ1) is 15.5. The lowest BCUT2D eigenvalue weighted by molar-refractivity contribution is 0.260. The minimum atomic E-state index is 0.110. The molecule has 1 aliphatic rings. The molecule has 1 saturated heterocycles. The molecule has 1 aromatic rings. The molecular formula is C17H29N3. The number of nitrogens with two attached hydrogens (primary N) is 1. The highest BCUT2D eigenvalue weighted by atomic mass is 15.2. The van der Waals surface area contributed by atoms with Crippen LogP contribution in [0.5, 0.6) is 0 Å². The third-order valence-corrected chi connectivity index (χ3v) is 4.53. The van der Waals surface area contributed by atoms with E-state index in [2.05, 4.69) is 55.9 Å². The molecule has 0 spiro atoms. The van der Waals surface area contributed by atoms with Gasteiger partial charge in [-0.3, -0.25) is 0 Å². The normalized spacial score (nSPS) is 21.6. The van der Waals surface area contributed by atoms with Gasteiger partial charge in [-0.25, -0.2) is 0 Å². The minimum absolute atomic E-state index is 0.110. The van der Waals surface area contributed by atoms with E-state index >= 15 is 0 Å².